The van der Waals surface area contributed by atoms with Gasteiger partial charge in [-0.3, -0.25) is 0 Å². The van der Waals surface area contributed by atoms with Crippen LogP contribution in [0.5, 0.6) is 0 Å². The van der Waals surface area contributed by atoms with Crippen molar-refractivity contribution in [1.29, 1.82) is 0 Å². The molecule has 1 N–H and O–H groups in total. The van der Waals surface area contributed by atoms with Gasteiger partial charge in [0, 0.05) is 6.54 Å². The predicted molar refractivity (Wildman–Crippen MR) is 61.9 cm³/mol. The van der Waals surface area contributed by atoms with Crippen molar-refractivity contribution in [3.05, 3.63) is 0 Å². The van der Waals surface area contributed by atoms with E-state index in [9.17, 15) is 8.42 Å². The van der Waals surface area contributed by atoms with Gasteiger partial charge in [0.1, 0.15) is 4.66 Å². The number of sulfonamides is 1. The van der Waals surface area contributed by atoms with E-state index >= 15 is 0 Å². The lowest BCUT2D eigenvalue weighted by atomic mass is 10.0. The molecule has 0 radical (unpaired) electrons. The lowest BCUT2D eigenvalue weighted by Crippen LogP contribution is -2.25. The standard InChI is InChI=1S/C9H18BrNO2S/c10-8-14(12,13)11-7-3-6-9-4-1-2-5-9/h9,11H,1-8H2. The first-order valence-corrected chi connectivity index (χ1v) is 7.95. The third-order valence-electron chi connectivity index (χ3n) is 2.73. The van der Waals surface area contributed by atoms with E-state index in [0.29, 0.717) is 6.54 Å². The Morgan fingerprint density at radius 2 is 1.93 bits per heavy atom. The Bertz CT molecular complexity index is 248. The maximum atomic E-state index is 11.0. The third kappa shape index (κ3) is 4.75. The van der Waals surface area contributed by atoms with Crippen molar-refractivity contribution < 1.29 is 8.42 Å². The highest BCUT2D eigenvalue weighted by atomic mass is 79.9. The van der Waals surface area contributed by atoms with Gasteiger partial charge in [0.05, 0.1) is 0 Å². The van der Waals surface area contributed by atoms with Gasteiger partial charge < -0.3 is 0 Å². The van der Waals surface area contributed by atoms with E-state index in [1.807, 2.05) is 0 Å². The van der Waals surface area contributed by atoms with Crippen LogP contribution in [0.1, 0.15) is 38.5 Å². The molecule has 1 fully saturated rings. The van der Waals surface area contributed by atoms with Gasteiger partial charge in [-0.2, -0.15) is 0 Å². The van der Waals surface area contributed by atoms with Gasteiger partial charge in [0.25, 0.3) is 0 Å². The Kier molecular flexibility index (Phi) is 5.41. The van der Waals surface area contributed by atoms with E-state index < -0.39 is 10.0 Å². The van der Waals surface area contributed by atoms with Crippen LogP contribution >= 0.6 is 15.9 Å². The Hall–Kier alpha value is 0.390. The van der Waals surface area contributed by atoms with E-state index in [1.54, 1.807) is 0 Å². The lowest BCUT2D eigenvalue weighted by Gasteiger charge is -2.08. The summed E-state index contributed by atoms with van der Waals surface area (Å²) in [4.78, 5) is 0. The molecule has 0 saturated heterocycles. The van der Waals surface area contributed by atoms with E-state index in [0.717, 1.165) is 12.3 Å². The molecule has 0 bridgehead atoms. The SMILES string of the molecule is O=S(=O)(CBr)NCCCC1CCCC1. The summed E-state index contributed by atoms with van der Waals surface area (Å²) in [7, 11) is -3.05. The number of nitrogens with one attached hydrogen (secondary N) is 1. The molecule has 0 aromatic heterocycles. The van der Waals surface area contributed by atoms with Crippen LogP contribution in [0.15, 0.2) is 0 Å². The number of alkyl halides is 1. The molecule has 3 nitrogen and oxygen atoms in total. The highest BCUT2D eigenvalue weighted by molar-refractivity contribution is 9.10. The van der Waals surface area contributed by atoms with Crippen molar-refractivity contribution in [1.82, 2.24) is 4.72 Å². The maximum Gasteiger partial charge on any atom is 0.221 e. The summed E-state index contributed by atoms with van der Waals surface area (Å²) < 4.78 is 24.6. The van der Waals surface area contributed by atoms with Crippen LogP contribution in [0.3, 0.4) is 0 Å². The summed E-state index contributed by atoms with van der Waals surface area (Å²) in [5.41, 5.74) is 0. The van der Waals surface area contributed by atoms with Crippen LogP contribution in [0, 0.1) is 5.92 Å². The Morgan fingerprint density at radius 3 is 2.50 bits per heavy atom. The van der Waals surface area contributed by atoms with E-state index in [2.05, 4.69) is 20.7 Å². The quantitative estimate of drug-likeness (QED) is 0.600. The van der Waals surface area contributed by atoms with Crippen LogP contribution in [0.25, 0.3) is 0 Å². The fourth-order valence-electron chi connectivity index (χ4n) is 1.96. The first kappa shape index (κ1) is 12.5. The second-order valence-electron chi connectivity index (χ2n) is 3.91. The first-order chi connectivity index (χ1) is 6.64. The van der Waals surface area contributed by atoms with Gasteiger partial charge in [-0.1, -0.05) is 41.6 Å². The molecule has 14 heavy (non-hydrogen) atoms. The number of rotatable bonds is 6. The molecule has 0 aromatic rings. The van der Waals surface area contributed by atoms with Crippen molar-refractivity contribution >= 4 is 26.0 Å². The number of halogens is 1. The molecular formula is C9H18BrNO2S. The Labute approximate surface area is 94.8 Å². The van der Waals surface area contributed by atoms with E-state index in [4.69, 9.17) is 0 Å². The summed E-state index contributed by atoms with van der Waals surface area (Å²) in [5, 5.41) is 0. The summed E-state index contributed by atoms with van der Waals surface area (Å²) in [6.45, 7) is 0.588. The van der Waals surface area contributed by atoms with Crippen LogP contribution in [0.2, 0.25) is 0 Å². The van der Waals surface area contributed by atoms with Gasteiger partial charge in [0.15, 0.2) is 0 Å². The largest absolute Gasteiger partial charge is 0.221 e. The monoisotopic (exact) mass is 283 g/mol. The van der Waals surface area contributed by atoms with E-state index in [-0.39, 0.29) is 4.66 Å². The van der Waals surface area contributed by atoms with Gasteiger partial charge >= 0.3 is 0 Å². The number of hydrogen-bond acceptors (Lipinski definition) is 2. The molecule has 1 aliphatic rings. The van der Waals surface area contributed by atoms with Crippen LogP contribution in [-0.2, 0) is 10.0 Å². The zero-order valence-electron chi connectivity index (χ0n) is 8.34. The second-order valence-corrected chi connectivity index (χ2v) is 7.02. The van der Waals surface area contributed by atoms with Crippen molar-refractivity contribution in [3.8, 4) is 0 Å². The van der Waals surface area contributed by atoms with Crippen molar-refractivity contribution in [2.45, 2.75) is 38.5 Å². The fraction of sp³-hybridized carbons (Fsp3) is 1.00. The molecule has 0 unspecified atom stereocenters. The molecule has 0 atom stereocenters. The van der Waals surface area contributed by atoms with Gasteiger partial charge in [0.2, 0.25) is 10.0 Å². The predicted octanol–water partition coefficient (Wildman–Crippen LogP) is 2.23. The normalized spacial score (nSPS) is 18.9. The number of hydrogen-bond donors (Lipinski definition) is 1. The van der Waals surface area contributed by atoms with Crippen molar-refractivity contribution in [2.75, 3.05) is 11.2 Å². The van der Waals surface area contributed by atoms with Gasteiger partial charge in [-0.05, 0) is 18.8 Å². The molecule has 1 aliphatic carbocycles. The average molecular weight is 284 g/mol. The second kappa shape index (κ2) is 6.08. The van der Waals surface area contributed by atoms with Crippen molar-refractivity contribution in [3.63, 3.8) is 0 Å². The summed E-state index contributed by atoms with van der Waals surface area (Å²) in [5.74, 6) is 0.850. The molecule has 0 spiro atoms. The Balaban J connectivity index is 2.04. The highest BCUT2D eigenvalue weighted by Crippen LogP contribution is 2.28. The molecule has 0 heterocycles. The van der Waals surface area contributed by atoms with Crippen molar-refractivity contribution in [2.24, 2.45) is 5.92 Å². The molecule has 0 amide bonds. The van der Waals surface area contributed by atoms with Gasteiger partial charge in [-0.15, -0.1) is 0 Å². The average Bonchev–Trinajstić information content (AvgIpc) is 2.65. The molecule has 5 heteroatoms. The molecule has 84 valence electrons. The topological polar surface area (TPSA) is 46.2 Å². The van der Waals surface area contributed by atoms with Crippen LogP contribution < -0.4 is 4.72 Å². The minimum atomic E-state index is -3.05. The minimum Gasteiger partial charge on any atom is -0.215 e. The fourth-order valence-corrected chi connectivity index (χ4v) is 2.97. The van der Waals surface area contributed by atoms with Crippen LogP contribution in [-0.4, -0.2) is 19.6 Å². The summed E-state index contributed by atoms with van der Waals surface area (Å²) >= 11 is 2.94. The Morgan fingerprint density at radius 1 is 1.29 bits per heavy atom. The molecule has 0 aliphatic heterocycles. The molecule has 1 rings (SSSR count). The van der Waals surface area contributed by atoms with Crippen LogP contribution in [0.4, 0.5) is 0 Å². The summed E-state index contributed by atoms with van der Waals surface area (Å²) in [6.07, 6.45) is 7.54. The smallest absolute Gasteiger partial charge is 0.215 e. The van der Waals surface area contributed by atoms with Gasteiger partial charge in [-0.25, -0.2) is 13.1 Å². The minimum absolute atomic E-state index is 0.00340. The highest BCUT2D eigenvalue weighted by Gasteiger charge is 2.14. The molecule has 1 saturated carbocycles. The molecular weight excluding hydrogens is 266 g/mol. The van der Waals surface area contributed by atoms with E-state index in [1.165, 1.54) is 32.1 Å². The maximum absolute atomic E-state index is 11.0. The molecule has 0 aromatic carbocycles. The third-order valence-corrected chi connectivity index (χ3v) is 5.47. The summed E-state index contributed by atoms with van der Waals surface area (Å²) in [6, 6.07) is 0. The lowest BCUT2D eigenvalue weighted by molar-refractivity contribution is 0.481. The first-order valence-electron chi connectivity index (χ1n) is 5.17. The zero-order chi connectivity index (χ0) is 10.4. The zero-order valence-corrected chi connectivity index (χ0v) is 10.7.